The van der Waals surface area contributed by atoms with Gasteiger partial charge >= 0.3 is 0 Å². The van der Waals surface area contributed by atoms with E-state index in [2.05, 4.69) is 28.2 Å². The van der Waals surface area contributed by atoms with E-state index in [0.717, 1.165) is 40.8 Å². The lowest BCUT2D eigenvalue weighted by molar-refractivity contribution is 0.334. The molecule has 2 saturated carbocycles. The molecule has 3 rings (SSSR count). The molecule has 1 N–H and O–H groups in total. The van der Waals surface area contributed by atoms with Gasteiger partial charge in [0.2, 0.25) is 0 Å². The van der Waals surface area contributed by atoms with E-state index in [1.165, 1.54) is 19.3 Å². The fourth-order valence-corrected chi connectivity index (χ4v) is 4.02. The molecule has 3 atom stereocenters. The van der Waals surface area contributed by atoms with E-state index in [-0.39, 0.29) is 5.82 Å². The Bertz CT molecular complexity index is 452. The Labute approximate surface area is 123 Å². The second-order valence-electron chi connectivity index (χ2n) is 6.09. The summed E-state index contributed by atoms with van der Waals surface area (Å²) in [5.74, 6) is 2.63. The Hall–Kier alpha value is -0.410. The molecule has 0 aromatic heterocycles. The first-order valence-corrected chi connectivity index (χ1v) is 8.14. The number of fused-ring (bicyclic) bond motifs is 1. The summed E-state index contributed by atoms with van der Waals surface area (Å²) in [7, 11) is 0. The van der Waals surface area contributed by atoms with Crippen molar-refractivity contribution >= 4 is 15.9 Å². The molecular formula is C16H21BrFN. The first-order valence-electron chi connectivity index (χ1n) is 7.34. The summed E-state index contributed by atoms with van der Waals surface area (Å²) in [6, 6.07) is 5.87. The zero-order valence-corrected chi connectivity index (χ0v) is 12.9. The van der Waals surface area contributed by atoms with Crippen LogP contribution < -0.4 is 5.32 Å². The van der Waals surface area contributed by atoms with E-state index in [1.54, 1.807) is 6.07 Å². The van der Waals surface area contributed by atoms with Crippen LogP contribution in [0.5, 0.6) is 0 Å². The van der Waals surface area contributed by atoms with Gasteiger partial charge in [-0.2, -0.15) is 0 Å². The third kappa shape index (κ3) is 3.03. The molecular weight excluding hydrogens is 305 g/mol. The van der Waals surface area contributed by atoms with Gasteiger partial charge in [0.05, 0.1) is 0 Å². The van der Waals surface area contributed by atoms with Gasteiger partial charge < -0.3 is 5.32 Å². The summed E-state index contributed by atoms with van der Waals surface area (Å²) >= 11 is 3.32. The Morgan fingerprint density at radius 1 is 1.32 bits per heavy atom. The minimum absolute atomic E-state index is 0.0829. The van der Waals surface area contributed by atoms with E-state index in [1.807, 2.05) is 12.1 Å². The van der Waals surface area contributed by atoms with Crippen LogP contribution in [0.4, 0.5) is 4.39 Å². The summed E-state index contributed by atoms with van der Waals surface area (Å²) in [5.41, 5.74) is 0.842. The zero-order chi connectivity index (χ0) is 13.4. The lowest BCUT2D eigenvalue weighted by Crippen LogP contribution is -2.37. The van der Waals surface area contributed by atoms with Gasteiger partial charge in [0, 0.05) is 10.5 Å². The second-order valence-corrected chi connectivity index (χ2v) is 7.01. The number of hydrogen-bond acceptors (Lipinski definition) is 1. The van der Waals surface area contributed by atoms with Crippen molar-refractivity contribution in [3.8, 4) is 0 Å². The summed E-state index contributed by atoms with van der Waals surface area (Å²) in [5, 5.41) is 3.58. The molecule has 1 aromatic carbocycles. The number of halogens is 2. The highest BCUT2D eigenvalue weighted by Gasteiger charge is 2.47. The summed E-state index contributed by atoms with van der Waals surface area (Å²) < 4.78 is 14.8. The smallest absolute Gasteiger partial charge is 0.127 e. The zero-order valence-electron chi connectivity index (χ0n) is 11.3. The quantitative estimate of drug-likeness (QED) is 0.857. The van der Waals surface area contributed by atoms with E-state index in [9.17, 15) is 4.39 Å². The van der Waals surface area contributed by atoms with Gasteiger partial charge in [-0.1, -0.05) is 28.9 Å². The lowest BCUT2D eigenvalue weighted by Gasteiger charge is -2.26. The molecule has 104 valence electrons. The maximum Gasteiger partial charge on any atom is 0.127 e. The van der Waals surface area contributed by atoms with Crippen LogP contribution in [0, 0.1) is 23.6 Å². The van der Waals surface area contributed by atoms with Gasteiger partial charge in [-0.15, -0.1) is 0 Å². The third-order valence-corrected chi connectivity index (χ3v) is 5.26. The van der Waals surface area contributed by atoms with E-state index in [4.69, 9.17) is 0 Å². The molecule has 0 spiro atoms. The highest BCUT2D eigenvalue weighted by atomic mass is 79.9. The van der Waals surface area contributed by atoms with Crippen LogP contribution in [-0.2, 0) is 6.42 Å². The lowest BCUT2D eigenvalue weighted by atomic mass is 9.89. The highest BCUT2D eigenvalue weighted by molar-refractivity contribution is 9.10. The minimum Gasteiger partial charge on any atom is -0.314 e. The van der Waals surface area contributed by atoms with Crippen LogP contribution >= 0.6 is 15.9 Å². The highest BCUT2D eigenvalue weighted by Crippen LogP contribution is 2.55. The average Bonchev–Trinajstić information content (AvgIpc) is 2.98. The number of rotatable bonds is 5. The molecule has 19 heavy (non-hydrogen) atoms. The summed E-state index contributed by atoms with van der Waals surface area (Å²) in [6.45, 7) is 3.11. The number of nitrogens with one attached hydrogen (secondary N) is 1. The van der Waals surface area contributed by atoms with Gasteiger partial charge in [0.15, 0.2) is 0 Å². The Kier molecular flexibility index (Phi) is 3.95. The maximum atomic E-state index is 14.0. The molecule has 1 nitrogen and oxygen atoms in total. The molecule has 2 fully saturated rings. The van der Waals surface area contributed by atoms with Crippen LogP contribution in [-0.4, -0.2) is 12.6 Å². The third-order valence-electron chi connectivity index (χ3n) is 4.77. The molecule has 0 heterocycles. The number of benzene rings is 1. The summed E-state index contributed by atoms with van der Waals surface area (Å²) in [4.78, 5) is 0. The molecule has 0 radical (unpaired) electrons. The Morgan fingerprint density at radius 2 is 2.05 bits per heavy atom. The number of likely N-dealkylation sites (N-methyl/N-ethyl adjacent to an activating group) is 1. The van der Waals surface area contributed by atoms with Gasteiger partial charge in [-0.05, 0) is 67.7 Å². The molecule has 3 heteroatoms. The summed E-state index contributed by atoms with van der Waals surface area (Å²) in [6.07, 6.45) is 4.96. The first-order chi connectivity index (χ1) is 9.17. The van der Waals surface area contributed by atoms with Crippen molar-refractivity contribution in [3.05, 3.63) is 34.1 Å². The van der Waals surface area contributed by atoms with E-state index in [0.29, 0.717) is 6.04 Å². The van der Waals surface area contributed by atoms with Crippen LogP contribution in [0.15, 0.2) is 22.7 Å². The predicted octanol–water partition coefficient (Wildman–Crippen LogP) is 4.15. The van der Waals surface area contributed by atoms with Crippen molar-refractivity contribution in [1.82, 2.24) is 5.32 Å². The molecule has 0 amide bonds. The Morgan fingerprint density at radius 3 is 2.68 bits per heavy atom. The molecule has 0 saturated heterocycles. The van der Waals surface area contributed by atoms with Crippen molar-refractivity contribution in [2.45, 2.75) is 38.6 Å². The van der Waals surface area contributed by atoms with Gasteiger partial charge in [-0.3, -0.25) is 0 Å². The fraction of sp³-hybridized carbons (Fsp3) is 0.625. The molecule has 2 aliphatic carbocycles. The fourth-order valence-electron chi connectivity index (χ4n) is 3.68. The van der Waals surface area contributed by atoms with Crippen molar-refractivity contribution in [2.24, 2.45) is 17.8 Å². The molecule has 3 unspecified atom stereocenters. The van der Waals surface area contributed by atoms with Crippen LogP contribution in [0.3, 0.4) is 0 Å². The van der Waals surface area contributed by atoms with Crippen LogP contribution in [0.1, 0.15) is 31.7 Å². The SMILES string of the molecule is CCNC(Cc1ccc(Br)cc1F)C1CC2CC2C1. The van der Waals surface area contributed by atoms with Crippen molar-refractivity contribution in [3.63, 3.8) is 0 Å². The van der Waals surface area contributed by atoms with Crippen molar-refractivity contribution in [1.29, 1.82) is 0 Å². The van der Waals surface area contributed by atoms with E-state index >= 15 is 0 Å². The average molecular weight is 326 g/mol. The molecule has 0 aliphatic heterocycles. The monoisotopic (exact) mass is 325 g/mol. The van der Waals surface area contributed by atoms with Crippen molar-refractivity contribution in [2.75, 3.05) is 6.54 Å². The van der Waals surface area contributed by atoms with E-state index < -0.39 is 0 Å². The van der Waals surface area contributed by atoms with Gasteiger partial charge in [-0.25, -0.2) is 4.39 Å². The van der Waals surface area contributed by atoms with Gasteiger partial charge in [0.1, 0.15) is 5.82 Å². The maximum absolute atomic E-state index is 14.0. The van der Waals surface area contributed by atoms with Crippen molar-refractivity contribution < 1.29 is 4.39 Å². The minimum atomic E-state index is -0.0829. The second kappa shape index (κ2) is 5.53. The molecule has 2 aliphatic rings. The largest absolute Gasteiger partial charge is 0.314 e. The predicted molar refractivity (Wildman–Crippen MR) is 79.6 cm³/mol. The molecule has 1 aromatic rings. The van der Waals surface area contributed by atoms with Crippen LogP contribution in [0.2, 0.25) is 0 Å². The standard InChI is InChI=1S/C16H21BrFN/c1-2-19-16(13-6-11-5-12(11)7-13)8-10-3-4-14(17)9-15(10)18/h3-4,9,11-13,16,19H,2,5-8H2,1H3. The topological polar surface area (TPSA) is 12.0 Å². The first kappa shape index (κ1) is 13.6. The normalized spacial score (nSPS) is 30.2. The van der Waals surface area contributed by atoms with Crippen LogP contribution in [0.25, 0.3) is 0 Å². The van der Waals surface area contributed by atoms with Gasteiger partial charge in [0.25, 0.3) is 0 Å². The number of hydrogen-bond donors (Lipinski definition) is 1. The molecule has 0 bridgehead atoms. The Balaban J connectivity index is 1.69.